The van der Waals surface area contributed by atoms with Gasteiger partial charge in [0.25, 0.3) is 5.91 Å². The van der Waals surface area contributed by atoms with Gasteiger partial charge in [-0.2, -0.15) is 0 Å². The minimum Gasteiger partial charge on any atom is -0.481 e. The number of nitrogens with zero attached hydrogens (tertiary/aromatic N) is 2. The molecule has 6 heteroatoms. The molecule has 0 aliphatic carbocycles. The molecular formula is C13H16N2O4. The van der Waals surface area contributed by atoms with Gasteiger partial charge in [-0.05, 0) is 12.1 Å². The van der Waals surface area contributed by atoms with E-state index in [1.54, 1.807) is 18.0 Å². The van der Waals surface area contributed by atoms with Crippen molar-refractivity contribution in [2.45, 2.75) is 6.42 Å². The summed E-state index contributed by atoms with van der Waals surface area (Å²) in [6.07, 6.45) is 0.0762. The molecule has 1 heterocycles. The van der Waals surface area contributed by atoms with Crippen LogP contribution in [0.1, 0.15) is 6.42 Å². The highest BCUT2D eigenvalue weighted by Crippen LogP contribution is 2.34. The predicted molar refractivity (Wildman–Crippen MR) is 70.9 cm³/mol. The number of benzene rings is 1. The lowest BCUT2D eigenvalue weighted by molar-refractivity contribution is -0.136. The minimum atomic E-state index is -0.827. The van der Waals surface area contributed by atoms with Gasteiger partial charge in [0.2, 0.25) is 0 Å². The van der Waals surface area contributed by atoms with E-state index in [0.29, 0.717) is 12.3 Å². The van der Waals surface area contributed by atoms with Crippen molar-refractivity contribution in [2.75, 3.05) is 37.0 Å². The molecule has 1 N–H and O–H groups in total. The summed E-state index contributed by atoms with van der Waals surface area (Å²) in [5.74, 6) is -0.271. The summed E-state index contributed by atoms with van der Waals surface area (Å²) in [5, 5.41) is 8.67. The molecule has 19 heavy (non-hydrogen) atoms. The zero-order valence-electron chi connectivity index (χ0n) is 10.9. The van der Waals surface area contributed by atoms with E-state index < -0.39 is 5.97 Å². The van der Waals surface area contributed by atoms with Crippen LogP contribution in [0.4, 0.5) is 11.4 Å². The maximum absolute atomic E-state index is 11.5. The van der Waals surface area contributed by atoms with Crippen LogP contribution in [-0.2, 0) is 9.59 Å². The first-order valence-electron chi connectivity index (χ1n) is 5.95. The molecule has 0 unspecified atom stereocenters. The Labute approximate surface area is 111 Å². The SMILES string of the molecule is CN(CCC(=O)O)c1ccc2c(c1)OCC(=O)N2C. The van der Waals surface area contributed by atoms with Crippen LogP contribution >= 0.6 is 0 Å². The Morgan fingerprint density at radius 2 is 2.26 bits per heavy atom. The number of aliphatic carboxylic acids is 1. The van der Waals surface area contributed by atoms with Crippen LogP contribution in [0.15, 0.2) is 18.2 Å². The van der Waals surface area contributed by atoms with E-state index in [1.807, 2.05) is 24.1 Å². The molecule has 0 saturated heterocycles. The number of amides is 1. The molecule has 1 aromatic rings. The van der Waals surface area contributed by atoms with E-state index in [0.717, 1.165) is 11.4 Å². The molecule has 0 spiro atoms. The number of carboxylic acids is 1. The second-order valence-corrected chi connectivity index (χ2v) is 4.46. The Hall–Kier alpha value is -2.24. The molecule has 1 aliphatic rings. The van der Waals surface area contributed by atoms with Crippen molar-refractivity contribution in [1.82, 2.24) is 0 Å². The third-order valence-corrected chi connectivity index (χ3v) is 3.13. The Morgan fingerprint density at radius 1 is 1.53 bits per heavy atom. The highest BCUT2D eigenvalue weighted by Gasteiger charge is 2.22. The highest BCUT2D eigenvalue weighted by atomic mass is 16.5. The van der Waals surface area contributed by atoms with Gasteiger partial charge in [0.05, 0.1) is 12.1 Å². The third kappa shape index (κ3) is 2.78. The second-order valence-electron chi connectivity index (χ2n) is 4.46. The Kier molecular flexibility index (Phi) is 3.59. The van der Waals surface area contributed by atoms with Crippen LogP contribution in [0.3, 0.4) is 0 Å². The first kappa shape index (κ1) is 13.2. The van der Waals surface area contributed by atoms with Crippen LogP contribution in [0.2, 0.25) is 0 Å². The number of hydrogen-bond donors (Lipinski definition) is 1. The molecule has 1 aliphatic heterocycles. The molecule has 0 fully saturated rings. The van der Waals surface area contributed by atoms with Crippen molar-refractivity contribution in [3.05, 3.63) is 18.2 Å². The maximum atomic E-state index is 11.5. The number of fused-ring (bicyclic) bond motifs is 1. The molecule has 0 aromatic heterocycles. The van der Waals surface area contributed by atoms with Crippen molar-refractivity contribution in [3.63, 3.8) is 0 Å². The Balaban J connectivity index is 2.17. The van der Waals surface area contributed by atoms with Crippen molar-refractivity contribution in [1.29, 1.82) is 0 Å². The lowest BCUT2D eigenvalue weighted by Gasteiger charge is -2.27. The molecule has 0 atom stereocenters. The van der Waals surface area contributed by atoms with E-state index in [9.17, 15) is 9.59 Å². The molecule has 1 amide bonds. The van der Waals surface area contributed by atoms with E-state index in [2.05, 4.69) is 0 Å². The summed E-state index contributed by atoms with van der Waals surface area (Å²) in [7, 11) is 3.53. The number of carbonyl (C=O) groups excluding carboxylic acids is 1. The van der Waals surface area contributed by atoms with E-state index in [1.165, 1.54) is 0 Å². The van der Waals surface area contributed by atoms with Crippen LogP contribution in [0.25, 0.3) is 0 Å². The van der Waals surface area contributed by atoms with Crippen molar-refractivity contribution in [2.24, 2.45) is 0 Å². The first-order chi connectivity index (χ1) is 8.99. The average Bonchev–Trinajstić information content (AvgIpc) is 2.40. The largest absolute Gasteiger partial charge is 0.481 e. The zero-order chi connectivity index (χ0) is 14.0. The lowest BCUT2D eigenvalue weighted by atomic mass is 10.2. The van der Waals surface area contributed by atoms with Gasteiger partial charge in [0.15, 0.2) is 6.61 Å². The lowest BCUT2D eigenvalue weighted by Crippen LogP contribution is -2.35. The first-order valence-corrected chi connectivity index (χ1v) is 5.95. The van der Waals surface area contributed by atoms with Crippen LogP contribution in [0, 0.1) is 0 Å². The molecule has 0 saturated carbocycles. The van der Waals surface area contributed by atoms with Crippen molar-refractivity contribution >= 4 is 23.3 Å². The molecule has 2 rings (SSSR count). The molecular weight excluding hydrogens is 248 g/mol. The van der Waals surface area contributed by atoms with Crippen molar-refractivity contribution < 1.29 is 19.4 Å². The number of ether oxygens (including phenoxy) is 1. The summed E-state index contributed by atoms with van der Waals surface area (Å²) in [6.45, 7) is 0.453. The monoisotopic (exact) mass is 264 g/mol. The van der Waals surface area contributed by atoms with Crippen LogP contribution in [0.5, 0.6) is 5.75 Å². The number of likely N-dealkylation sites (N-methyl/N-ethyl adjacent to an activating group) is 1. The van der Waals surface area contributed by atoms with Crippen molar-refractivity contribution in [3.8, 4) is 5.75 Å². The number of carbonyl (C=O) groups is 2. The van der Waals surface area contributed by atoms with Gasteiger partial charge < -0.3 is 19.6 Å². The fourth-order valence-corrected chi connectivity index (χ4v) is 1.90. The highest BCUT2D eigenvalue weighted by molar-refractivity contribution is 5.97. The zero-order valence-corrected chi connectivity index (χ0v) is 10.9. The van der Waals surface area contributed by atoms with Crippen LogP contribution < -0.4 is 14.5 Å². The summed E-state index contributed by atoms with van der Waals surface area (Å²) < 4.78 is 5.39. The quantitative estimate of drug-likeness (QED) is 0.877. The Bertz CT molecular complexity index is 515. The van der Waals surface area contributed by atoms with Gasteiger partial charge in [-0.15, -0.1) is 0 Å². The summed E-state index contributed by atoms with van der Waals surface area (Å²) in [4.78, 5) is 25.4. The molecule has 1 aromatic carbocycles. The normalized spacial score (nSPS) is 13.8. The molecule has 0 radical (unpaired) electrons. The summed E-state index contributed by atoms with van der Waals surface area (Å²) in [6, 6.07) is 5.47. The Morgan fingerprint density at radius 3 is 2.95 bits per heavy atom. The predicted octanol–water partition coefficient (Wildman–Crippen LogP) is 0.953. The number of rotatable bonds is 4. The van der Waals surface area contributed by atoms with E-state index in [4.69, 9.17) is 9.84 Å². The van der Waals surface area contributed by atoms with E-state index >= 15 is 0 Å². The number of hydrogen-bond acceptors (Lipinski definition) is 4. The van der Waals surface area contributed by atoms with E-state index in [-0.39, 0.29) is 18.9 Å². The maximum Gasteiger partial charge on any atom is 0.305 e. The fraction of sp³-hybridized carbons (Fsp3) is 0.385. The van der Waals surface area contributed by atoms with Crippen LogP contribution in [-0.4, -0.2) is 44.2 Å². The third-order valence-electron chi connectivity index (χ3n) is 3.13. The van der Waals surface area contributed by atoms with Gasteiger partial charge >= 0.3 is 5.97 Å². The van der Waals surface area contributed by atoms with Gasteiger partial charge in [0, 0.05) is 32.4 Å². The van der Waals surface area contributed by atoms with Gasteiger partial charge in [-0.25, -0.2) is 0 Å². The number of anilines is 2. The molecule has 0 bridgehead atoms. The average molecular weight is 264 g/mol. The summed E-state index contributed by atoms with van der Waals surface area (Å²) >= 11 is 0. The minimum absolute atomic E-state index is 0.0335. The smallest absolute Gasteiger partial charge is 0.305 e. The topological polar surface area (TPSA) is 70.1 Å². The molecule has 6 nitrogen and oxygen atoms in total. The standard InChI is InChI=1S/C13H16N2O4/c1-14(6-5-13(17)18)9-3-4-10-11(7-9)19-8-12(16)15(10)2/h3-4,7H,5-6,8H2,1-2H3,(H,17,18). The summed E-state index contributed by atoms with van der Waals surface area (Å²) in [5.41, 5.74) is 1.59. The number of carboxylic acid groups (broad SMARTS) is 1. The van der Waals surface area contributed by atoms with Gasteiger partial charge in [-0.3, -0.25) is 9.59 Å². The van der Waals surface area contributed by atoms with Gasteiger partial charge in [-0.1, -0.05) is 0 Å². The molecule has 102 valence electrons. The van der Waals surface area contributed by atoms with Gasteiger partial charge in [0.1, 0.15) is 5.75 Å². The fourth-order valence-electron chi connectivity index (χ4n) is 1.90. The second kappa shape index (κ2) is 5.17.